The number of rotatable bonds is 11. The van der Waals surface area contributed by atoms with Crippen molar-refractivity contribution in [1.29, 1.82) is 0 Å². The largest absolute Gasteiger partial charge is 0.395 e. The number of hydrogen-bond acceptors (Lipinski definition) is 4. The van der Waals surface area contributed by atoms with Gasteiger partial charge in [-0.15, -0.1) is 0 Å². The summed E-state index contributed by atoms with van der Waals surface area (Å²) >= 11 is 0. The standard InChI is InChI=1S/C30H33N3O4/c1-22(9-8-14-28(35)32(19-20-34)21-23-10-4-3-5-11-23)29(37-2)24-15-17-25(18-16-24)33-30(36)26-12-6-7-13-27(26)31-33/h3-13,15-18,22,29,31,34H,14,19-21H2,1-2H3/b9-8+/t22-,29+/m0/s1. The molecule has 192 valence electrons. The lowest BCUT2D eigenvalue weighted by molar-refractivity contribution is -0.131. The first-order valence-corrected chi connectivity index (χ1v) is 12.4. The molecule has 37 heavy (non-hydrogen) atoms. The predicted molar refractivity (Wildman–Crippen MR) is 146 cm³/mol. The van der Waals surface area contributed by atoms with Crippen LogP contribution in [0.15, 0.2) is 95.8 Å². The summed E-state index contributed by atoms with van der Waals surface area (Å²) in [4.78, 5) is 27.2. The van der Waals surface area contributed by atoms with E-state index in [2.05, 4.69) is 5.10 Å². The first-order chi connectivity index (χ1) is 18.0. The lowest BCUT2D eigenvalue weighted by Crippen LogP contribution is -2.32. The third-order valence-corrected chi connectivity index (χ3v) is 6.48. The minimum atomic E-state index is -0.210. The molecule has 0 saturated heterocycles. The van der Waals surface area contributed by atoms with Gasteiger partial charge in [0, 0.05) is 32.5 Å². The molecule has 4 rings (SSSR count). The van der Waals surface area contributed by atoms with Crippen molar-refractivity contribution in [2.24, 2.45) is 5.92 Å². The molecule has 7 nitrogen and oxygen atoms in total. The van der Waals surface area contributed by atoms with Gasteiger partial charge < -0.3 is 14.7 Å². The lowest BCUT2D eigenvalue weighted by Gasteiger charge is -2.22. The van der Waals surface area contributed by atoms with Gasteiger partial charge in [0.05, 0.1) is 29.3 Å². The second kappa shape index (κ2) is 12.3. The lowest BCUT2D eigenvalue weighted by atomic mass is 9.96. The number of ether oxygens (including phenoxy) is 1. The number of aliphatic hydroxyl groups is 1. The molecule has 1 amide bonds. The first kappa shape index (κ1) is 26.1. The average Bonchev–Trinajstić information content (AvgIpc) is 3.26. The Balaban J connectivity index is 1.41. The Labute approximate surface area is 216 Å². The maximum atomic E-state index is 12.8. The SMILES string of the molecule is CO[C@@H](c1ccc(-n2[nH]c3ccccc3c2=O)cc1)[C@@H](C)/C=C/CC(=O)N(CCO)Cc1ccccc1. The van der Waals surface area contributed by atoms with Gasteiger partial charge in [0.15, 0.2) is 0 Å². The molecule has 0 fully saturated rings. The Hall–Kier alpha value is -3.94. The van der Waals surface area contributed by atoms with Crippen molar-refractivity contribution in [2.75, 3.05) is 20.3 Å². The van der Waals surface area contributed by atoms with Gasteiger partial charge in [-0.2, -0.15) is 0 Å². The Morgan fingerprint density at radius 3 is 2.43 bits per heavy atom. The monoisotopic (exact) mass is 499 g/mol. The fourth-order valence-corrected chi connectivity index (χ4v) is 4.54. The number of amides is 1. The molecule has 0 aliphatic carbocycles. The molecule has 0 spiro atoms. The van der Waals surface area contributed by atoms with Crippen molar-refractivity contribution in [3.63, 3.8) is 0 Å². The fourth-order valence-electron chi connectivity index (χ4n) is 4.54. The van der Waals surface area contributed by atoms with Gasteiger partial charge in [-0.1, -0.05) is 73.7 Å². The second-order valence-electron chi connectivity index (χ2n) is 9.06. The van der Waals surface area contributed by atoms with Crippen LogP contribution in [0.1, 0.15) is 30.6 Å². The molecular formula is C30H33N3O4. The number of aromatic nitrogens is 2. The molecule has 7 heteroatoms. The van der Waals surface area contributed by atoms with Gasteiger partial charge in [-0.3, -0.25) is 14.7 Å². The van der Waals surface area contributed by atoms with Crippen LogP contribution >= 0.6 is 0 Å². The Morgan fingerprint density at radius 2 is 1.76 bits per heavy atom. The maximum absolute atomic E-state index is 12.8. The highest BCUT2D eigenvalue weighted by atomic mass is 16.5. The summed E-state index contributed by atoms with van der Waals surface area (Å²) in [5.74, 6) is -0.0247. The van der Waals surface area contributed by atoms with Crippen molar-refractivity contribution in [3.8, 4) is 5.69 Å². The van der Waals surface area contributed by atoms with E-state index in [1.807, 2.05) is 97.9 Å². The van der Waals surface area contributed by atoms with Gasteiger partial charge in [0.25, 0.3) is 5.56 Å². The van der Waals surface area contributed by atoms with Gasteiger partial charge in [-0.05, 0) is 35.4 Å². The summed E-state index contributed by atoms with van der Waals surface area (Å²) in [7, 11) is 1.67. The van der Waals surface area contributed by atoms with Gasteiger partial charge in [0.1, 0.15) is 0 Å². The third-order valence-electron chi connectivity index (χ3n) is 6.48. The molecule has 0 saturated carbocycles. The molecule has 2 atom stereocenters. The fraction of sp³-hybridized carbons (Fsp3) is 0.267. The minimum absolute atomic E-state index is 0.0138. The Morgan fingerprint density at radius 1 is 1.05 bits per heavy atom. The minimum Gasteiger partial charge on any atom is -0.395 e. The summed E-state index contributed by atoms with van der Waals surface area (Å²) in [6.07, 6.45) is 3.89. The number of methoxy groups -OCH3 is 1. The topological polar surface area (TPSA) is 87.6 Å². The number of carbonyl (C=O) groups is 1. The molecular weight excluding hydrogens is 466 g/mol. The first-order valence-electron chi connectivity index (χ1n) is 12.4. The Kier molecular flexibility index (Phi) is 8.72. The van der Waals surface area contributed by atoms with Crippen molar-refractivity contribution in [2.45, 2.75) is 26.0 Å². The zero-order valence-electron chi connectivity index (χ0n) is 21.2. The Bertz CT molecular complexity index is 1390. The molecule has 0 aliphatic rings. The highest BCUT2D eigenvalue weighted by Crippen LogP contribution is 2.27. The third kappa shape index (κ3) is 6.25. The number of para-hydroxylation sites is 1. The number of hydrogen-bond donors (Lipinski definition) is 2. The van der Waals surface area contributed by atoms with E-state index >= 15 is 0 Å². The van der Waals surface area contributed by atoms with E-state index in [1.54, 1.807) is 16.7 Å². The molecule has 1 aromatic heterocycles. The summed E-state index contributed by atoms with van der Waals surface area (Å²) in [6.45, 7) is 2.73. The van der Waals surface area contributed by atoms with Crippen molar-refractivity contribution in [1.82, 2.24) is 14.7 Å². The summed E-state index contributed by atoms with van der Waals surface area (Å²) in [5, 5.41) is 13.2. The molecule has 0 unspecified atom stereocenters. The van der Waals surface area contributed by atoms with Crippen LogP contribution in [0.2, 0.25) is 0 Å². The second-order valence-corrected chi connectivity index (χ2v) is 9.06. The van der Waals surface area contributed by atoms with Gasteiger partial charge >= 0.3 is 0 Å². The van der Waals surface area contributed by atoms with E-state index in [4.69, 9.17) is 4.74 Å². The number of carbonyl (C=O) groups excluding carboxylic acids is 1. The zero-order valence-corrected chi connectivity index (χ0v) is 21.2. The molecule has 4 aromatic rings. The molecule has 2 N–H and O–H groups in total. The summed E-state index contributed by atoms with van der Waals surface area (Å²) < 4.78 is 7.32. The number of H-pyrrole nitrogens is 1. The molecule has 0 aliphatic heterocycles. The van der Waals surface area contributed by atoms with Crippen LogP contribution < -0.4 is 5.56 Å². The normalized spacial score (nSPS) is 13.2. The predicted octanol–water partition coefficient (Wildman–Crippen LogP) is 4.61. The van der Waals surface area contributed by atoms with Crippen molar-refractivity contribution >= 4 is 16.8 Å². The number of nitrogens with zero attached hydrogens (tertiary/aromatic N) is 2. The van der Waals surface area contributed by atoms with Crippen LogP contribution in [-0.4, -0.2) is 46.0 Å². The smallest absolute Gasteiger partial charge is 0.279 e. The molecule has 0 bridgehead atoms. The van der Waals surface area contributed by atoms with E-state index in [9.17, 15) is 14.7 Å². The molecule has 1 heterocycles. The van der Waals surface area contributed by atoms with E-state index in [1.165, 1.54) is 0 Å². The van der Waals surface area contributed by atoms with Crippen LogP contribution in [0, 0.1) is 5.92 Å². The van der Waals surface area contributed by atoms with Crippen LogP contribution in [0.3, 0.4) is 0 Å². The average molecular weight is 500 g/mol. The summed E-state index contributed by atoms with van der Waals surface area (Å²) in [6, 6.07) is 24.9. The van der Waals surface area contributed by atoms with Crippen LogP contribution in [0.4, 0.5) is 0 Å². The quantitative estimate of drug-likeness (QED) is 0.295. The number of fused-ring (bicyclic) bond motifs is 1. The van der Waals surface area contributed by atoms with Gasteiger partial charge in [0.2, 0.25) is 5.91 Å². The van der Waals surface area contributed by atoms with Crippen LogP contribution in [0.25, 0.3) is 16.6 Å². The highest BCUT2D eigenvalue weighted by Gasteiger charge is 2.18. The van der Waals surface area contributed by atoms with E-state index in [0.29, 0.717) is 18.5 Å². The van der Waals surface area contributed by atoms with E-state index < -0.39 is 0 Å². The number of nitrogens with one attached hydrogen (secondary N) is 1. The number of benzene rings is 3. The number of aromatic amines is 1. The van der Waals surface area contributed by atoms with E-state index in [0.717, 1.165) is 22.3 Å². The van der Waals surface area contributed by atoms with E-state index in [-0.39, 0.29) is 36.5 Å². The van der Waals surface area contributed by atoms with Gasteiger partial charge in [-0.25, -0.2) is 4.68 Å². The molecule has 0 radical (unpaired) electrons. The highest BCUT2D eigenvalue weighted by molar-refractivity contribution is 5.78. The molecule has 3 aromatic carbocycles. The van der Waals surface area contributed by atoms with Crippen LogP contribution in [-0.2, 0) is 16.1 Å². The maximum Gasteiger partial charge on any atom is 0.279 e. The van der Waals surface area contributed by atoms with Crippen molar-refractivity contribution in [3.05, 3.63) is 112 Å². The number of aliphatic hydroxyl groups excluding tert-OH is 1. The van der Waals surface area contributed by atoms with Crippen LogP contribution in [0.5, 0.6) is 0 Å². The van der Waals surface area contributed by atoms with Crippen molar-refractivity contribution < 1.29 is 14.6 Å². The zero-order chi connectivity index (χ0) is 26.2. The summed E-state index contributed by atoms with van der Waals surface area (Å²) in [5.41, 5.74) is 3.45.